The molecule has 0 aliphatic carbocycles. The maximum atomic E-state index is 12.1. The van der Waals surface area contributed by atoms with Gasteiger partial charge in [0.2, 0.25) is 11.8 Å². The predicted molar refractivity (Wildman–Crippen MR) is 97.2 cm³/mol. The molecule has 24 heavy (non-hydrogen) atoms. The first kappa shape index (κ1) is 16.6. The average Bonchev–Trinajstić information content (AvgIpc) is 2.57. The van der Waals surface area contributed by atoms with E-state index in [1.807, 2.05) is 36.4 Å². The maximum Gasteiger partial charge on any atom is 0.238 e. The molecule has 2 aromatic carbocycles. The van der Waals surface area contributed by atoms with Crippen LogP contribution in [0.2, 0.25) is 0 Å². The van der Waals surface area contributed by atoms with Crippen molar-refractivity contribution in [2.75, 3.05) is 11.9 Å². The lowest BCUT2D eigenvalue weighted by atomic mass is 10.1. The molecule has 124 valence electrons. The first-order chi connectivity index (χ1) is 11.6. The number of anilines is 1. The Kier molecular flexibility index (Phi) is 5.20. The predicted octanol–water partition coefficient (Wildman–Crippen LogP) is 3.16. The van der Waals surface area contributed by atoms with Gasteiger partial charge in [-0.15, -0.1) is 11.8 Å². The van der Waals surface area contributed by atoms with Crippen molar-refractivity contribution < 1.29 is 9.59 Å². The summed E-state index contributed by atoms with van der Waals surface area (Å²) in [6.45, 7) is 2.65. The summed E-state index contributed by atoms with van der Waals surface area (Å²) in [5.74, 6) is -0.191. The molecule has 0 unspecified atom stereocenters. The number of carbonyl (C=O) groups excluding carboxylic acids is 2. The highest BCUT2D eigenvalue weighted by Crippen LogP contribution is 2.36. The third-order valence-corrected chi connectivity index (χ3v) is 5.33. The van der Waals surface area contributed by atoms with Gasteiger partial charge >= 0.3 is 0 Å². The summed E-state index contributed by atoms with van der Waals surface area (Å²) in [5, 5.41) is 5.41. The normalized spacial score (nSPS) is 16.2. The van der Waals surface area contributed by atoms with Crippen molar-refractivity contribution in [2.24, 2.45) is 0 Å². The second kappa shape index (κ2) is 7.53. The Balaban J connectivity index is 1.50. The van der Waals surface area contributed by atoms with E-state index in [-0.39, 0.29) is 23.5 Å². The van der Waals surface area contributed by atoms with E-state index in [0.29, 0.717) is 6.54 Å². The molecule has 1 aliphatic rings. The van der Waals surface area contributed by atoms with E-state index >= 15 is 0 Å². The second-order valence-corrected chi connectivity index (χ2v) is 7.07. The summed E-state index contributed by atoms with van der Waals surface area (Å²) in [6, 6.07) is 15.8. The minimum atomic E-state index is -0.377. The zero-order chi connectivity index (χ0) is 16.9. The lowest BCUT2D eigenvalue weighted by Gasteiger charge is -2.23. The van der Waals surface area contributed by atoms with Gasteiger partial charge in [-0.25, -0.2) is 0 Å². The molecule has 2 amide bonds. The van der Waals surface area contributed by atoms with Crippen molar-refractivity contribution in [1.29, 1.82) is 0 Å². The van der Waals surface area contributed by atoms with Crippen LogP contribution >= 0.6 is 11.8 Å². The molecule has 0 fully saturated rings. The number of hydrogen-bond donors (Lipinski definition) is 2. The van der Waals surface area contributed by atoms with Crippen LogP contribution in [-0.4, -0.2) is 23.6 Å². The van der Waals surface area contributed by atoms with Gasteiger partial charge in [0, 0.05) is 17.9 Å². The third kappa shape index (κ3) is 3.97. The molecular weight excluding hydrogens is 320 g/mol. The SMILES string of the molecule is Cc1ccccc1CCNC(=O)C[C@H]1Sc2ccccc2NC1=O. The smallest absolute Gasteiger partial charge is 0.238 e. The number of thioether (sulfide) groups is 1. The number of para-hydroxylation sites is 1. The van der Waals surface area contributed by atoms with E-state index in [9.17, 15) is 9.59 Å². The highest BCUT2D eigenvalue weighted by Gasteiger charge is 2.28. The molecule has 3 rings (SSSR count). The van der Waals surface area contributed by atoms with Crippen LogP contribution in [0.1, 0.15) is 17.5 Å². The van der Waals surface area contributed by atoms with Gasteiger partial charge in [-0.3, -0.25) is 9.59 Å². The number of hydrogen-bond acceptors (Lipinski definition) is 3. The second-order valence-electron chi connectivity index (χ2n) is 5.82. The Morgan fingerprint density at radius 3 is 2.75 bits per heavy atom. The monoisotopic (exact) mass is 340 g/mol. The van der Waals surface area contributed by atoms with Crippen molar-refractivity contribution in [1.82, 2.24) is 5.32 Å². The molecule has 0 bridgehead atoms. The number of rotatable bonds is 5. The molecule has 0 aromatic heterocycles. The standard InChI is InChI=1S/C19H20N2O2S/c1-13-6-2-3-7-14(13)10-11-20-18(22)12-17-19(23)21-15-8-4-5-9-16(15)24-17/h2-9,17H,10-12H2,1H3,(H,20,22)(H,21,23)/t17-/m1/s1. The Hall–Kier alpha value is -2.27. The fourth-order valence-corrected chi connectivity index (χ4v) is 3.81. The van der Waals surface area contributed by atoms with Gasteiger partial charge in [0.05, 0.1) is 10.9 Å². The first-order valence-corrected chi connectivity index (χ1v) is 8.89. The Morgan fingerprint density at radius 1 is 1.17 bits per heavy atom. The molecule has 1 atom stereocenters. The summed E-state index contributed by atoms with van der Waals surface area (Å²) in [6.07, 6.45) is 0.990. The van der Waals surface area contributed by atoms with Crippen LogP contribution in [0.25, 0.3) is 0 Å². The van der Waals surface area contributed by atoms with E-state index < -0.39 is 0 Å². The van der Waals surface area contributed by atoms with E-state index in [1.165, 1.54) is 22.9 Å². The fourth-order valence-electron chi connectivity index (χ4n) is 2.69. The highest BCUT2D eigenvalue weighted by molar-refractivity contribution is 8.01. The van der Waals surface area contributed by atoms with Gasteiger partial charge in [0.25, 0.3) is 0 Å². The van der Waals surface area contributed by atoms with Crippen molar-refractivity contribution in [2.45, 2.75) is 29.9 Å². The van der Waals surface area contributed by atoms with Gasteiger partial charge in [0.1, 0.15) is 0 Å². The number of fused-ring (bicyclic) bond motifs is 1. The van der Waals surface area contributed by atoms with Crippen molar-refractivity contribution in [3.63, 3.8) is 0 Å². The zero-order valence-electron chi connectivity index (χ0n) is 13.5. The van der Waals surface area contributed by atoms with Crippen LogP contribution in [0.4, 0.5) is 5.69 Å². The van der Waals surface area contributed by atoms with Crippen LogP contribution in [0.15, 0.2) is 53.4 Å². The average molecular weight is 340 g/mol. The van der Waals surface area contributed by atoms with Crippen LogP contribution in [0.3, 0.4) is 0 Å². The maximum absolute atomic E-state index is 12.1. The van der Waals surface area contributed by atoms with Crippen LogP contribution in [0.5, 0.6) is 0 Å². The number of carbonyl (C=O) groups is 2. The third-order valence-electron chi connectivity index (χ3n) is 4.06. The first-order valence-electron chi connectivity index (χ1n) is 8.01. The van der Waals surface area contributed by atoms with Gasteiger partial charge in [0.15, 0.2) is 0 Å². The van der Waals surface area contributed by atoms with Gasteiger partial charge < -0.3 is 10.6 Å². The Bertz CT molecular complexity index is 761. The zero-order valence-corrected chi connectivity index (χ0v) is 14.4. The van der Waals surface area contributed by atoms with Crippen LogP contribution in [0, 0.1) is 6.92 Å². The molecule has 0 spiro atoms. The number of nitrogens with one attached hydrogen (secondary N) is 2. The molecule has 5 heteroatoms. The highest BCUT2D eigenvalue weighted by atomic mass is 32.2. The minimum absolute atomic E-state index is 0.0874. The summed E-state index contributed by atoms with van der Waals surface area (Å²) < 4.78 is 0. The largest absolute Gasteiger partial charge is 0.356 e. The summed E-state index contributed by atoms with van der Waals surface area (Å²) in [4.78, 5) is 25.3. The van der Waals surface area contributed by atoms with Crippen molar-refractivity contribution >= 4 is 29.3 Å². The van der Waals surface area contributed by atoms with Crippen LogP contribution < -0.4 is 10.6 Å². The molecule has 2 N–H and O–H groups in total. The quantitative estimate of drug-likeness (QED) is 0.879. The number of amides is 2. The topological polar surface area (TPSA) is 58.2 Å². The van der Waals surface area contributed by atoms with E-state index in [1.54, 1.807) is 0 Å². The van der Waals surface area contributed by atoms with Crippen molar-refractivity contribution in [3.8, 4) is 0 Å². The molecule has 0 radical (unpaired) electrons. The van der Waals surface area contributed by atoms with E-state index in [4.69, 9.17) is 0 Å². The molecule has 0 saturated heterocycles. The number of aryl methyl sites for hydroxylation is 1. The lowest BCUT2D eigenvalue weighted by Crippen LogP contribution is -2.35. The molecular formula is C19H20N2O2S. The summed E-state index contributed by atoms with van der Waals surface area (Å²) >= 11 is 1.45. The molecule has 2 aromatic rings. The minimum Gasteiger partial charge on any atom is -0.356 e. The fraction of sp³-hybridized carbons (Fsp3) is 0.263. The molecule has 1 heterocycles. The van der Waals surface area contributed by atoms with E-state index in [2.05, 4.69) is 29.7 Å². The van der Waals surface area contributed by atoms with E-state index in [0.717, 1.165) is 17.0 Å². The summed E-state index contributed by atoms with van der Waals surface area (Å²) in [5.41, 5.74) is 3.28. The van der Waals surface area contributed by atoms with Crippen molar-refractivity contribution in [3.05, 3.63) is 59.7 Å². The summed E-state index contributed by atoms with van der Waals surface area (Å²) in [7, 11) is 0. The molecule has 1 aliphatic heterocycles. The van der Waals surface area contributed by atoms with Gasteiger partial charge in [-0.1, -0.05) is 36.4 Å². The molecule has 0 saturated carbocycles. The van der Waals surface area contributed by atoms with Gasteiger partial charge in [-0.05, 0) is 36.6 Å². The lowest BCUT2D eigenvalue weighted by molar-refractivity contribution is -0.124. The van der Waals surface area contributed by atoms with Gasteiger partial charge in [-0.2, -0.15) is 0 Å². The number of benzene rings is 2. The Labute approximate surface area is 146 Å². The molecule has 4 nitrogen and oxygen atoms in total. The Morgan fingerprint density at radius 2 is 1.92 bits per heavy atom. The van der Waals surface area contributed by atoms with Crippen LogP contribution in [-0.2, 0) is 16.0 Å².